The van der Waals surface area contributed by atoms with E-state index in [0.29, 0.717) is 17.0 Å². The summed E-state index contributed by atoms with van der Waals surface area (Å²) in [6.45, 7) is -0.128. The van der Waals surface area contributed by atoms with Gasteiger partial charge in [0.2, 0.25) is 5.82 Å². The maximum atomic E-state index is 12.6. The number of fused-ring (bicyclic) bond motifs is 1. The highest BCUT2D eigenvalue weighted by Gasteiger charge is 2.38. The van der Waals surface area contributed by atoms with Crippen molar-refractivity contribution in [2.75, 3.05) is 0 Å². The third-order valence-electron chi connectivity index (χ3n) is 4.08. The zero-order valence-electron chi connectivity index (χ0n) is 13.9. The lowest BCUT2D eigenvalue weighted by Crippen LogP contribution is -2.04. The molecule has 0 spiro atoms. The Labute approximate surface area is 150 Å². The largest absolute Gasteiger partial charge is 0.471 e. The Kier molecular flexibility index (Phi) is 3.92. The fourth-order valence-electron chi connectivity index (χ4n) is 2.79. The normalized spacial score (nSPS) is 12.0. The second kappa shape index (κ2) is 6.16. The standard InChI is InChI=1S/C17H12F3N5O2/c1-25-7-10(8-26)11-5-13(22-6-14(11)25)12-4-9(2-3-21-12)15-23-16(27-24-15)17(18,19)20/h2-7,26H,8H2,1H3. The molecule has 0 saturated heterocycles. The number of aromatic nitrogens is 5. The van der Waals surface area contributed by atoms with Gasteiger partial charge in [-0.1, -0.05) is 5.16 Å². The molecule has 0 aliphatic carbocycles. The fourth-order valence-corrected chi connectivity index (χ4v) is 2.79. The van der Waals surface area contributed by atoms with Crippen LogP contribution in [0.5, 0.6) is 0 Å². The summed E-state index contributed by atoms with van der Waals surface area (Å²) in [6.07, 6.45) is 0.173. The Bertz CT molecular complexity index is 1130. The molecule has 7 nitrogen and oxygen atoms in total. The van der Waals surface area contributed by atoms with E-state index in [9.17, 15) is 18.3 Å². The molecule has 0 aliphatic heterocycles. The number of nitrogens with zero attached hydrogens (tertiary/aromatic N) is 5. The van der Waals surface area contributed by atoms with Gasteiger partial charge in [-0.2, -0.15) is 18.2 Å². The first kappa shape index (κ1) is 17.2. The molecule has 1 N–H and O–H groups in total. The number of hydrogen-bond donors (Lipinski definition) is 1. The van der Waals surface area contributed by atoms with E-state index in [2.05, 4.69) is 24.6 Å². The van der Waals surface area contributed by atoms with E-state index in [1.807, 2.05) is 11.6 Å². The van der Waals surface area contributed by atoms with E-state index in [0.717, 1.165) is 16.5 Å². The Morgan fingerprint density at radius 2 is 1.96 bits per heavy atom. The number of alkyl halides is 3. The van der Waals surface area contributed by atoms with Gasteiger partial charge in [-0.3, -0.25) is 9.97 Å². The fraction of sp³-hybridized carbons (Fsp3) is 0.176. The Morgan fingerprint density at radius 3 is 2.67 bits per heavy atom. The lowest BCUT2D eigenvalue weighted by atomic mass is 10.1. The summed E-state index contributed by atoms with van der Waals surface area (Å²) in [5.41, 5.74) is 2.83. The van der Waals surface area contributed by atoms with Gasteiger partial charge in [0.15, 0.2) is 0 Å². The number of aryl methyl sites for hydroxylation is 1. The molecule has 0 bridgehead atoms. The van der Waals surface area contributed by atoms with Crippen molar-refractivity contribution >= 4 is 10.9 Å². The molecular weight excluding hydrogens is 363 g/mol. The van der Waals surface area contributed by atoms with Crippen LogP contribution in [0, 0.1) is 0 Å². The van der Waals surface area contributed by atoms with Crippen molar-refractivity contribution in [3.05, 3.63) is 48.2 Å². The lowest BCUT2D eigenvalue weighted by Gasteiger charge is -2.03. The number of aliphatic hydroxyl groups excluding tert-OH is 1. The molecule has 0 saturated carbocycles. The van der Waals surface area contributed by atoms with Crippen LogP contribution >= 0.6 is 0 Å². The number of halogens is 3. The summed E-state index contributed by atoms with van der Waals surface area (Å²) in [7, 11) is 1.84. The molecule has 4 rings (SSSR count). The van der Waals surface area contributed by atoms with Crippen LogP contribution in [0.4, 0.5) is 13.2 Å². The molecule has 10 heteroatoms. The Balaban J connectivity index is 1.76. The molecule has 4 aromatic heterocycles. The molecule has 0 aromatic carbocycles. The number of pyridine rings is 2. The minimum absolute atomic E-state index is 0.128. The van der Waals surface area contributed by atoms with E-state index < -0.39 is 12.1 Å². The van der Waals surface area contributed by atoms with E-state index >= 15 is 0 Å². The quantitative estimate of drug-likeness (QED) is 0.591. The average Bonchev–Trinajstić information content (AvgIpc) is 3.27. The minimum atomic E-state index is -4.71. The highest BCUT2D eigenvalue weighted by Crippen LogP contribution is 2.30. The van der Waals surface area contributed by atoms with Crippen molar-refractivity contribution < 1.29 is 22.8 Å². The van der Waals surface area contributed by atoms with Gasteiger partial charge >= 0.3 is 12.1 Å². The van der Waals surface area contributed by atoms with Crippen molar-refractivity contribution in [2.45, 2.75) is 12.8 Å². The molecule has 0 aliphatic rings. The van der Waals surface area contributed by atoms with E-state index in [1.165, 1.54) is 18.3 Å². The smallest absolute Gasteiger partial charge is 0.392 e. The molecular formula is C17H12F3N5O2. The molecule has 0 unspecified atom stereocenters. The van der Waals surface area contributed by atoms with Gasteiger partial charge in [0.25, 0.3) is 0 Å². The Morgan fingerprint density at radius 1 is 1.19 bits per heavy atom. The van der Waals surface area contributed by atoms with Crippen LogP contribution in [0.2, 0.25) is 0 Å². The van der Waals surface area contributed by atoms with Gasteiger partial charge in [-0.05, 0) is 18.2 Å². The minimum Gasteiger partial charge on any atom is -0.392 e. The van der Waals surface area contributed by atoms with E-state index in [-0.39, 0.29) is 12.4 Å². The summed E-state index contributed by atoms with van der Waals surface area (Å²) in [4.78, 5) is 12.0. The molecule has 0 amide bonds. The van der Waals surface area contributed by atoms with Gasteiger partial charge in [-0.25, -0.2) is 0 Å². The number of aliphatic hydroxyl groups is 1. The average molecular weight is 375 g/mol. The first-order valence-electron chi connectivity index (χ1n) is 7.79. The van der Waals surface area contributed by atoms with Crippen molar-refractivity contribution in [3.8, 4) is 22.8 Å². The van der Waals surface area contributed by atoms with Gasteiger partial charge in [-0.15, -0.1) is 0 Å². The number of hydrogen-bond acceptors (Lipinski definition) is 6. The maximum Gasteiger partial charge on any atom is 0.471 e. The van der Waals surface area contributed by atoms with Crippen molar-refractivity contribution in [3.63, 3.8) is 0 Å². The molecule has 0 radical (unpaired) electrons. The van der Waals surface area contributed by atoms with Crippen molar-refractivity contribution in [1.82, 2.24) is 24.7 Å². The summed E-state index contributed by atoms with van der Waals surface area (Å²) < 4.78 is 44.0. The summed E-state index contributed by atoms with van der Waals surface area (Å²) in [5.74, 6) is -1.60. The summed E-state index contributed by atoms with van der Waals surface area (Å²) in [5, 5.41) is 13.7. The van der Waals surface area contributed by atoms with Crippen LogP contribution in [0.25, 0.3) is 33.7 Å². The maximum absolute atomic E-state index is 12.6. The van der Waals surface area contributed by atoms with Crippen molar-refractivity contribution in [2.24, 2.45) is 7.05 Å². The van der Waals surface area contributed by atoms with Crippen LogP contribution < -0.4 is 0 Å². The predicted molar refractivity (Wildman–Crippen MR) is 88.2 cm³/mol. The molecule has 4 aromatic rings. The monoisotopic (exact) mass is 375 g/mol. The predicted octanol–water partition coefficient (Wildman–Crippen LogP) is 3.20. The second-order valence-electron chi connectivity index (χ2n) is 5.86. The Hall–Kier alpha value is -3.27. The molecule has 4 heterocycles. The highest BCUT2D eigenvalue weighted by molar-refractivity contribution is 5.86. The SMILES string of the molecule is Cn1cc(CO)c2cc(-c3cc(-c4noc(C(F)(F)F)n4)ccn3)ncc21. The first-order valence-corrected chi connectivity index (χ1v) is 7.79. The van der Waals surface area contributed by atoms with Crippen LogP contribution in [0.1, 0.15) is 11.5 Å². The van der Waals surface area contributed by atoms with Crippen LogP contribution in [0.15, 0.2) is 41.3 Å². The molecule has 0 atom stereocenters. The lowest BCUT2D eigenvalue weighted by molar-refractivity contribution is -0.159. The molecule has 138 valence electrons. The molecule has 27 heavy (non-hydrogen) atoms. The van der Waals surface area contributed by atoms with Crippen LogP contribution in [-0.4, -0.2) is 29.8 Å². The van der Waals surface area contributed by atoms with E-state index in [1.54, 1.807) is 18.5 Å². The van der Waals surface area contributed by atoms with Crippen LogP contribution in [0.3, 0.4) is 0 Å². The van der Waals surface area contributed by atoms with Gasteiger partial charge in [0, 0.05) is 36.0 Å². The van der Waals surface area contributed by atoms with Gasteiger partial charge in [0.05, 0.1) is 29.7 Å². The number of rotatable bonds is 3. The summed E-state index contributed by atoms with van der Waals surface area (Å²) in [6, 6.07) is 4.78. The van der Waals surface area contributed by atoms with Gasteiger partial charge < -0.3 is 14.2 Å². The highest BCUT2D eigenvalue weighted by atomic mass is 19.4. The van der Waals surface area contributed by atoms with Gasteiger partial charge in [0.1, 0.15) is 0 Å². The third-order valence-corrected chi connectivity index (χ3v) is 4.08. The molecule has 0 fully saturated rings. The zero-order chi connectivity index (χ0) is 19.2. The van der Waals surface area contributed by atoms with Crippen LogP contribution in [-0.2, 0) is 19.8 Å². The summed E-state index contributed by atoms with van der Waals surface area (Å²) >= 11 is 0. The zero-order valence-corrected chi connectivity index (χ0v) is 13.9. The first-order chi connectivity index (χ1) is 12.9. The second-order valence-corrected chi connectivity index (χ2v) is 5.86. The topological polar surface area (TPSA) is 89.9 Å². The van der Waals surface area contributed by atoms with Crippen molar-refractivity contribution in [1.29, 1.82) is 0 Å². The third kappa shape index (κ3) is 3.04. The van der Waals surface area contributed by atoms with E-state index in [4.69, 9.17) is 0 Å².